The molecule has 1 aromatic carbocycles. The van der Waals surface area contributed by atoms with Gasteiger partial charge in [-0.15, -0.1) is 16.4 Å². The number of anilines is 1. The van der Waals surface area contributed by atoms with Crippen molar-refractivity contribution < 1.29 is 43.2 Å². The number of fused-ring (bicyclic) bond motifs is 1. The average molecular weight is 897 g/mol. The van der Waals surface area contributed by atoms with Gasteiger partial charge in [0.25, 0.3) is 0 Å². The molecule has 3 fully saturated rings. The predicted molar refractivity (Wildman–Crippen MR) is 238 cm³/mol. The number of aliphatic hydroxyl groups excluding tert-OH is 1. The number of nitrogens with one attached hydrogen (secondary N) is 1. The summed E-state index contributed by atoms with van der Waals surface area (Å²) in [6, 6.07) is 6.39. The van der Waals surface area contributed by atoms with Crippen LogP contribution in [-0.2, 0) is 46.2 Å². The van der Waals surface area contributed by atoms with Crippen molar-refractivity contribution >= 4 is 34.9 Å². The smallest absolute Gasteiger partial charge is 0.410 e. The zero-order valence-corrected chi connectivity index (χ0v) is 39.1. The highest BCUT2D eigenvalue weighted by atomic mass is 32.1. The highest BCUT2D eigenvalue weighted by Gasteiger charge is 2.58. The molecule has 17 nitrogen and oxygen atoms in total. The van der Waals surface area contributed by atoms with Crippen molar-refractivity contribution in [2.75, 3.05) is 40.0 Å². The highest BCUT2D eigenvalue weighted by molar-refractivity contribution is 7.09. The lowest BCUT2D eigenvalue weighted by Crippen LogP contribution is -2.61. The fourth-order valence-electron chi connectivity index (χ4n) is 9.64. The number of carbonyl (C=O) groups is 3. The van der Waals surface area contributed by atoms with E-state index in [1.54, 1.807) is 28.4 Å². The molecule has 3 unspecified atom stereocenters. The molecule has 18 heteroatoms. The van der Waals surface area contributed by atoms with Crippen LogP contribution in [0, 0.1) is 11.8 Å². The van der Waals surface area contributed by atoms with Crippen LogP contribution in [-0.4, -0.2) is 147 Å². The van der Waals surface area contributed by atoms with Gasteiger partial charge in [-0.1, -0.05) is 31.2 Å². The molecule has 1 amide bonds. The van der Waals surface area contributed by atoms with Crippen LogP contribution in [0.1, 0.15) is 84.9 Å². The Hall–Kier alpha value is -4.04. The molecular weight excluding hydrogens is 829 g/mol. The van der Waals surface area contributed by atoms with E-state index in [0.29, 0.717) is 57.4 Å². The van der Waals surface area contributed by atoms with Crippen LogP contribution in [0.3, 0.4) is 0 Å². The number of aliphatic hydroxyl groups is 1. The van der Waals surface area contributed by atoms with Crippen molar-refractivity contribution in [2.24, 2.45) is 11.8 Å². The summed E-state index contributed by atoms with van der Waals surface area (Å²) in [5.74, 6) is -2.40. The summed E-state index contributed by atoms with van der Waals surface area (Å²) in [7, 11) is 5.39. The van der Waals surface area contributed by atoms with Crippen molar-refractivity contribution in [1.29, 1.82) is 0 Å². The van der Waals surface area contributed by atoms with Gasteiger partial charge < -0.3 is 44.7 Å². The number of esters is 1. The number of Topliss-reactive ketones (excluding diaryl/α,β-unsaturated/α-hetero) is 1. The number of unbranched alkanes of at least 4 members (excludes halogenated alkanes) is 1. The number of ether oxygens (including phenoxy) is 5. The molecule has 63 heavy (non-hydrogen) atoms. The number of thiazole rings is 1. The van der Waals surface area contributed by atoms with Gasteiger partial charge in [-0.3, -0.25) is 24.2 Å². The highest BCUT2D eigenvalue weighted by Crippen LogP contribution is 2.40. The number of carbonyl (C=O) groups excluding carboxylic acids is 3. The molecule has 2 aromatic heterocycles. The fourth-order valence-corrected chi connectivity index (χ4v) is 10.3. The molecule has 0 aliphatic carbocycles. The average Bonchev–Trinajstić information content (AvgIpc) is 4.00. The predicted octanol–water partition coefficient (Wildman–Crippen LogP) is 4.72. The first-order valence-electron chi connectivity index (χ1n) is 22.3. The van der Waals surface area contributed by atoms with E-state index in [2.05, 4.69) is 27.5 Å². The maximum absolute atomic E-state index is 14.8. The molecule has 5 heterocycles. The standard InChI is InChI=1S/C45H68N8O9S/c1-10-37-45(6)40(53(43(57)62-45)17-12-11-16-52-25-34(49-50-52)30-14-13-15-31(46)19-30)29(4)48-23-27(2)22-44(5,58-9)38(61-42-39(55)35(51(7)8)18-28(3)59-42)21-36(54)33(41(56)60-37)20-32-24-47-26-63-32/h13-15,19,24-29,33,35,37-40,42,48,55H,10-12,16-18,20-23,46H2,1-9H3/t27-,28?,29-,33-,35?,37-,38-,39?,40-,42+,44-,45-/m1/s1. The molecule has 3 saturated heterocycles. The second-order valence-electron chi connectivity index (χ2n) is 18.3. The maximum atomic E-state index is 14.8. The van der Waals surface area contributed by atoms with Gasteiger partial charge in [-0.2, -0.15) is 0 Å². The molecule has 6 rings (SSSR count). The van der Waals surface area contributed by atoms with Gasteiger partial charge in [0, 0.05) is 67.4 Å². The monoisotopic (exact) mass is 896 g/mol. The third-order valence-corrected chi connectivity index (χ3v) is 14.0. The number of nitrogens with zero attached hydrogens (tertiary/aromatic N) is 6. The van der Waals surface area contributed by atoms with E-state index in [0.717, 1.165) is 16.1 Å². The van der Waals surface area contributed by atoms with E-state index in [1.165, 1.54) is 11.3 Å². The van der Waals surface area contributed by atoms with Crippen molar-refractivity contribution in [3.8, 4) is 11.3 Å². The molecule has 0 bridgehead atoms. The minimum absolute atomic E-state index is 0.0279. The van der Waals surface area contributed by atoms with Crippen LogP contribution in [0.2, 0.25) is 0 Å². The largest absolute Gasteiger partial charge is 0.457 e. The SMILES string of the molecule is CC[C@H]1OC(=O)[C@H](Cc2cncs2)C(=O)C[C@@H](O[C@@H]2OC(C)CC(N(C)C)C2O)[C@](C)(OC)C[C@@H](C)CN[C@H](C)[C@H]2N(CCCCn3cc(-c4cccc(N)c4)nn3)C(=O)O[C@]12C. The van der Waals surface area contributed by atoms with Crippen molar-refractivity contribution in [3.63, 3.8) is 0 Å². The number of amides is 1. The number of aromatic nitrogens is 4. The lowest BCUT2D eigenvalue weighted by Gasteiger charge is -2.45. The molecule has 0 saturated carbocycles. The normalized spacial score (nSPS) is 33.7. The first-order valence-corrected chi connectivity index (χ1v) is 23.1. The third-order valence-electron chi connectivity index (χ3n) is 13.2. The Kier molecular flexibility index (Phi) is 16.0. The summed E-state index contributed by atoms with van der Waals surface area (Å²) in [6.07, 6.45) is 1.50. The van der Waals surface area contributed by atoms with Gasteiger partial charge in [0.2, 0.25) is 0 Å². The van der Waals surface area contributed by atoms with E-state index in [4.69, 9.17) is 29.4 Å². The number of nitrogen functional groups attached to an aromatic ring is 1. The molecule has 348 valence electrons. The van der Waals surface area contributed by atoms with E-state index in [-0.39, 0.29) is 36.9 Å². The minimum atomic E-state index is -1.27. The summed E-state index contributed by atoms with van der Waals surface area (Å²) < 4.78 is 33.6. The number of rotatable bonds is 13. The molecular formula is C45H68N8O9S. The van der Waals surface area contributed by atoms with E-state index >= 15 is 0 Å². The fraction of sp³-hybridized carbons (Fsp3) is 0.689. The summed E-state index contributed by atoms with van der Waals surface area (Å²) in [4.78, 5) is 51.9. The number of ketones is 1. The van der Waals surface area contributed by atoms with E-state index < -0.39 is 65.6 Å². The second-order valence-corrected chi connectivity index (χ2v) is 19.3. The number of hydrogen-bond acceptors (Lipinski definition) is 16. The number of cyclic esters (lactones) is 1. The number of methoxy groups -OCH3 is 1. The van der Waals surface area contributed by atoms with E-state index in [1.807, 2.05) is 84.1 Å². The molecule has 12 atom stereocenters. The summed E-state index contributed by atoms with van der Waals surface area (Å²) in [5.41, 5.74) is 7.56. The van der Waals surface area contributed by atoms with Crippen LogP contribution < -0.4 is 11.1 Å². The third kappa shape index (κ3) is 11.3. The number of aryl methyl sites for hydroxylation is 1. The van der Waals surface area contributed by atoms with E-state index in [9.17, 15) is 19.5 Å². The molecule has 3 aromatic rings. The molecule has 0 spiro atoms. The Balaban J connectivity index is 1.27. The van der Waals surface area contributed by atoms with Crippen molar-refractivity contribution in [1.82, 2.24) is 35.1 Å². The topological polar surface area (TPSA) is 206 Å². The maximum Gasteiger partial charge on any atom is 0.410 e. The van der Waals surface area contributed by atoms with Crippen molar-refractivity contribution in [2.45, 2.75) is 153 Å². The number of nitrogens with two attached hydrogens (primary N) is 1. The van der Waals surface area contributed by atoms with Crippen LogP contribution in [0.5, 0.6) is 0 Å². The molecule has 0 radical (unpaired) electrons. The van der Waals surface area contributed by atoms with Crippen LogP contribution >= 0.6 is 11.3 Å². The van der Waals surface area contributed by atoms with Gasteiger partial charge in [0.05, 0.1) is 35.6 Å². The first kappa shape index (κ1) is 48.4. The summed E-state index contributed by atoms with van der Waals surface area (Å²) in [5, 5.41) is 23.9. The Morgan fingerprint density at radius 1 is 1.13 bits per heavy atom. The minimum Gasteiger partial charge on any atom is -0.457 e. The van der Waals surface area contributed by atoms with Crippen LogP contribution in [0.4, 0.5) is 10.5 Å². The Labute approximate surface area is 375 Å². The summed E-state index contributed by atoms with van der Waals surface area (Å²) >= 11 is 1.34. The number of benzene rings is 1. The zero-order valence-electron chi connectivity index (χ0n) is 38.3. The zero-order chi connectivity index (χ0) is 45.6. The van der Waals surface area contributed by atoms with Gasteiger partial charge in [-0.25, -0.2) is 4.79 Å². The lowest BCUT2D eigenvalue weighted by atomic mass is 9.83. The Bertz CT molecular complexity index is 1990. The van der Waals surface area contributed by atoms with Crippen molar-refractivity contribution in [3.05, 3.63) is 47.0 Å². The van der Waals surface area contributed by atoms with Gasteiger partial charge in [-0.05, 0) is 98.5 Å². The molecule has 3 aliphatic rings. The number of likely N-dealkylation sites (N-methyl/N-ethyl adjacent to an activating group) is 1. The molecule has 3 aliphatic heterocycles. The van der Waals surface area contributed by atoms with Gasteiger partial charge >= 0.3 is 12.1 Å². The number of hydrogen-bond donors (Lipinski definition) is 3. The Morgan fingerprint density at radius 2 is 1.89 bits per heavy atom. The van der Waals surface area contributed by atoms with Crippen LogP contribution in [0.15, 0.2) is 42.2 Å². The van der Waals surface area contributed by atoms with Gasteiger partial charge in [0.1, 0.15) is 29.6 Å². The quantitative estimate of drug-likeness (QED) is 0.0920. The van der Waals surface area contributed by atoms with Crippen LogP contribution in [0.25, 0.3) is 11.3 Å². The Morgan fingerprint density at radius 3 is 2.57 bits per heavy atom. The summed E-state index contributed by atoms with van der Waals surface area (Å²) in [6.45, 7) is 13.1. The second kappa shape index (κ2) is 20.9. The van der Waals surface area contributed by atoms with Gasteiger partial charge in [0.15, 0.2) is 11.9 Å². The lowest BCUT2D eigenvalue weighted by molar-refractivity contribution is -0.289. The molecule has 4 N–H and O–H groups in total. The first-order chi connectivity index (χ1) is 30.0.